The second-order valence-electron chi connectivity index (χ2n) is 5.98. The second kappa shape index (κ2) is 5.61. The molecule has 21 heavy (non-hydrogen) atoms. The van der Waals surface area contributed by atoms with Gasteiger partial charge in [0.05, 0.1) is 5.69 Å². The monoisotopic (exact) mass is 366 g/mol. The van der Waals surface area contributed by atoms with Crippen LogP contribution in [0.1, 0.15) is 36.4 Å². The lowest BCUT2D eigenvalue weighted by atomic mass is 10.2. The van der Waals surface area contributed by atoms with Gasteiger partial charge in [0, 0.05) is 27.1 Å². The van der Waals surface area contributed by atoms with Gasteiger partial charge in [-0.2, -0.15) is 0 Å². The van der Waals surface area contributed by atoms with Crippen molar-refractivity contribution in [2.45, 2.75) is 32.7 Å². The van der Waals surface area contributed by atoms with Crippen LogP contribution < -0.4 is 5.73 Å². The first-order valence-electron chi connectivity index (χ1n) is 7.26. The van der Waals surface area contributed by atoms with Crippen molar-refractivity contribution in [3.05, 3.63) is 27.5 Å². The second-order valence-corrected chi connectivity index (χ2v) is 7.95. The molecule has 1 aromatic heterocycles. The molecule has 0 aliphatic heterocycles. The van der Waals surface area contributed by atoms with E-state index in [-0.39, 0.29) is 11.9 Å². The maximum atomic E-state index is 12.9. The largest absolute Gasteiger partial charge is 0.397 e. The number of nitrogens with zero attached hydrogens (tertiary/aromatic N) is 1. The van der Waals surface area contributed by atoms with Gasteiger partial charge >= 0.3 is 0 Å². The van der Waals surface area contributed by atoms with Gasteiger partial charge < -0.3 is 10.6 Å². The topological polar surface area (TPSA) is 46.3 Å². The van der Waals surface area contributed by atoms with Crippen LogP contribution in [0.5, 0.6) is 0 Å². The molecule has 1 saturated carbocycles. The molecule has 0 atom stereocenters. The number of carbonyl (C=O) groups is 1. The van der Waals surface area contributed by atoms with Crippen LogP contribution in [0.4, 0.5) is 5.69 Å². The molecule has 2 aromatic rings. The molecular formula is C16H19BrN2OS. The summed E-state index contributed by atoms with van der Waals surface area (Å²) in [6.45, 7) is 4.99. The lowest BCUT2D eigenvalue weighted by Gasteiger charge is -2.26. The van der Waals surface area contributed by atoms with E-state index in [1.807, 2.05) is 23.1 Å². The van der Waals surface area contributed by atoms with E-state index in [2.05, 4.69) is 29.8 Å². The molecule has 0 saturated heterocycles. The maximum absolute atomic E-state index is 12.9. The fourth-order valence-corrected chi connectivity index (χ4v) is 4.12. The summed E-state index contributed by atoms with van der Waals surface area (Å²) in [7, 11) is 0. The van der Waals surface area contributed by atoms with Crippen molar-refractivity contribution < 1.29 is 4.79 Å². The Balaban J connectivity index is 1.97. The highest BCUT2D eigenvalue weighted by Gasteiger charge is 2.30. The maximum Gasteiger partial charge on any atom is 0.266 e. The van der Waals surface area contributed by atoms with Crippen LogP contribution in [0.2, 0.25) is 0 Å². The van der Waals surface area contributed by atoms with Gasteiger partial charge in [0.2, 0.25) is 0 Å². The van der Waals surface area contributed by atoms with Gasteiger partial charge in [0.1, 0.15) is 4.88 Å². The molecule has 0 radical (unpaired) electrons. The first kappa shape index (κ1) is 14.9. The molecular weight excluding hydrogens is 348 g/mol. The number of hydrogen-bond donors (Lipinski definition) is 1. The highest BCUT2D eigenvalue weighted by Crippen LogP contribution is 2.37. The minimum absolute atomic E-state index is 0.0757. The average molecular weight is 367 g/mol. The predicted octanol–water partition coefficient (Wildman–Crippen LogP) is 4.51. The molecule has 0 bridgehead atoms. The van der Waals surface area contributed by atoms with Crippen molar-refractivity contribution >= 4 is 48.9 Å². The molecule has 1 aliphatic rings. The van der Waals surface area contributed by atoms with Gasteiger partial charge in [0.25, 0.3) is 5.91 Å². The van der Waals surface area contributed by atoms with Gasteiger partial charge in [0.15, 0.2) is 0 Å². The van der Waals surface area contributed by atoms with E-state index in [1.165, 1.54) is 24.2 Å². The number of benzene rings is 1. The van der Waals surface area contributed by atoms with E-state index in [4.69, 9.17) is 5.73 Å². The molecule has 2 N–H and O–H groups in total. The van der Waals surface area contributed by atoms with Gasteiger partial charge in [-0.05, 0) is 44.7 Å². The van der Waals surface area contributed by atoms with E-state index in [9.17, 15) is 4.79 Å². The fraction of sp³-hybridized carbons (Fsp3) is 0.438. The highest BCUT2D eigenvalue weighted by atomic mass is 79.9. The molecule has 1 amide bonds. The van der Waals surface area contributed by atoms with Crippen LogP contribution in [0.25, 0.3) is 10.1 Å². The SMILES string of the molecule is CC(C)N(CC1CC1)C(=O)c1sc2cc(Br)ccc2c1N. The van der Waals surface area contributed by atoms with Gasteiger partial charge in [-0.1, -0.05) is 22.0 Å². The standard InChI is InChI=1S/C16H19BrN2OS/c1-9(2)19(8-10-3-4-10)16(20)15-14(18)12-6-5-11(17)7-13(12)21-15/h5-7,9-10H,3-4,8,18H2,1-2H3. The van der Waals surface area contributed by atoms with Crippen LogP contribution in [0.15, 0.2) is 22.7 Å². The predicted molar refractivity (Wildman–Crippen MR) is 92.8 cm³/mol. The van der Waals surface area contributed by atoms with Crippen LogP contribution in [-0.2, 0) is 0 Å². The summed E-state index contributed by atoms with van der Waals surface area (Å²) in [5, 5.41) is 0.974. The molecule has 1 aliphatic carbocycles. The van der Waals surface area contributed by atoms with Gasteiger partial charge in [-0.25, -0.2) is 0 Å². The summed E-state index contributed by atoms with van der Waals surface area (Å²) >= 11 is 4.96. The Bertz CT molecular complexity index is 691. The quantitative estimate of drug-likeness (QED) is 0.865. The molecule has 1 fully saturated rings. The lowest BCUT2D eigenvalue weighted by molar-refractivity contribution is 0.0702. The third-order valence-corrected chi connectivity index (χ3v) is 5.57. The molecule has 0 unspecified atom stereocenters. The van der Waals surface area contributed by atoms with E-state index < -0.39 is 0 Å². The van der Waals surface area contributed by atoms with Crippen LogP contribution in [0.3, 0.4) is 0 Å². The molecule has 1 heterocycles. The number of thiophene rings is 1. The molecule has 1 aromatic carbocycles. The fourth-order valence-electron chi connectivity index (χ4n) is 2.49. The molecule has 3 nitrogen and oxygen atoms in total. The third-order valence-electron chi connectivity index (χ3n) is 3.92. The van der Waals surface area contributed by atoms with Gasteiger partial charge in [-0.15, -0.1) is 11.3 Å². The van der Waals surface area contributed by atoms with Crippen molar-refractivity contribution in [2.75, 3.05) is 12.3 Å². The molecule has 0 spiro atoms. The summed E-state index contributed by atoms with van der Waals surface area (Å²) in [4.78, 5) is 15.5. The zero-order chi connectivity index (χ0) is 15.1. The lowest BCUT2D eigenvalue weighted by Crippen LogP contribution is -2.38. The summed E-state index contributed by atoms with van der Waals surface area (Å²) < 4.78 is 2.06. The number of nitrogen functional groups attached to an aromatic ring is 1. The Morgan fingerprint density at radius 2 is 2.19 bits per heavy atom. The number of nitrogens with two attached hydrogens (primary N) is 1. The third kappa shape index (κ3) is 2.94. The van der Waals surface area contributed by atoms with Crippen LogP contribution in [0, 0.1) is 5.92 Å². The summed E-state index contributed by atoms with van der Waals surface area (Å²) in [6.07, 6.45) is 2.48. The smallest absolute Gasteiger partial charge is 0.266 e. The number of rotatable bonds is 4. The van der Waals surface area contributed by atoms with E-state index >= 15 is 0 Å². The zero-order valence-electron chi connectivity index (χ0n) is 12.2. The van der Waals surface area contributed by atoms with Crippen molar-refractivity contribution in [1.29, 1.82) is 0 Å². The average Bonchev–Trinajstić information content (AvgIpc) is 3.19. The van der Waals surface area contributed by atoms with Crippen molar-refractivity contribution in [1.82, 2.24) is 4.90 Å². The van der Waals surface area contributed by atoms with E-state index in [1.54, 1.807) is 0 Å². The van der Waals surface area contributed by atoms with Crippen LogP contribution >= 0.6 is 27.3 Å². The van der Waals surface area contributed by atoms with Crippen molar-refractivity contribution in [3.63, 3.8) is 0 Å². The highest BCUT2D eigenvalue weighted by molar-refractivity contribution is 9.10. The van der Waals surface area contributed by atoms with E-state index in [0.717, 1.165) is 21.1 Å². The Hall–Kier alpha value is -1.07. The zero-order valence-corrected chi connectivity index (χ0v) is 14.6. The number of hydrogen-bond acceptors (Lipinski definition) is 3. The van der Waals surface area contributed by atoms with Crippen LogP contribution in [-0.4, -0.2) is 23.4 Å². The van der Waals surface area contributed by atoms with Crippen molar-refractivity contribution in [2.24, 2.45) is 5.92 Å². The molecule has 5 heteroatoms. The molecule has 3 rings (SSSR count). The first-order valence-corrected chi connectivity index (χ1v) is 8.87. The Morgan fingerprint density at radius 3 is 2.81 bits per heavy atom. The number of anilines is 1. The van der Waals surface area contributed by atoms with Gasteiger partial charge in [-0.3, -0.25) is 4.79 Å². The number of halogens is 1. The summed E-state index contributed by atoms with van der Waals surface area (Å²) in [5.74, 6) is 0.757. The number of carbonyl (C=O) groups excluding carboxylic acids is 1. The molecule has 112 valence electrons. The normalized spacial score (nSPS) is 14.9. The van der Waals surface area contributed by atoms with Crippen molar-refractivity contribution in [3.8, 4) is 0 Å². The minimum Gasteiger partial charge on any atom is -0.397 e. The Morgan fingerprint density at radius 1 is 1.48 bits per heavy atom. The minimum atomic E-state index is 0.0757. The number of fused-ring (bicyclic) bond motifs is 1. The van der Waals surface area contributed by atoms with E-state index in [0.29, 0.717) is 16.5 Å². The summed E-state index contributed by atoms with van der Waals surface area (Å²) in [6, 6.07) is 6.16. The summed E-state index contributed by atoms with van der Waals surface area (Å²) in [5.41, 5.74) is 6.84. The number of amides is 1. The Kier molecular flexibility index (Phi) is 3.97. The first-order chi connectivity index (χ1) is 9.97. The Labute approximate surface area is 137 Å².